The minimum absolute atomic E-state index is 0.143. The summed E-state index contributed by atoms with van der Waals surface area (Å²) in [7, 11) is 0. The highest BCUT2D eigenvalue weighted by atomic mass is 16.2. The number of nitrogens with one attached hydrogen (secondary N) is 3. The van der Waals surface area contributed by atoms with E-state index >= 15 is 0 Å². The van der Waals surface area contributed by atoms with Gasteiger partial charge in [0.2, 0.25) is 0 Å². The first-order valence-corrected chi connectivity index (χ1v) is 10.1. The van der Waals surface area contributed by atoms with Crippen LogP contribution in [0.4, 0.5) is 5.69 Å². The molecule has 3 heterocycles. The lowest BCUT2D eigenvalue weighted by Crippen LogP contribution is -2.33. The van der Waals surface area contributed by atoms with Crippen LogP contribution in [0.1, 0.15) is 38.4 Å². The van der Waals surface area contributed by atoms with Gasteiger partial charge in [0.15, 0.2) is 0 Å². The lowest BCUT2D eigenvalue weighted by Gasteiger charge is -2.20. The van der Waals surface area contributed by atoms with Gasteiger partial charge in [0.05, 0.1) is 22.8 Å². The van der Waals surface area contributed by atoms with Crippen LogP contribution in [0.25, 0.3) is 11.6 Å². The number of anilines is 1. The Morgan fingerprint density at radius 1 is 1.32 bits per heavy atom. The van der Waals surface area contributed by atoms with Crippen molar-refractivity contribution < 1.29 is 9.59 Å². The van der Waals surface area contributed by atoms with Crippen LogP contribution in [-0.4, -0.2) is 41.3 Å². The Labute approximate surface area is 180 Å². The molecule has 1 aromatic carbocycles. The molecule has 0 aliphatic carbocycles. The maximum absolute atomic E-state index is 12.8. The number of hydrogen-bond donors (Lipinski definition) is 3. The molecule has 2 aliphatic rings. The van der Waals surface area contributed by atoms with E-state index in [1.54, 1.807) is 24.3 Å². The number of aromatic nitrogens is 1. The van der Waals surface area contributed by atoms with Crippen LogP contribution >= 0.6 is 0 Å². The number of nitriles is 1. The third kappa shape index (κ3) is 4.01. The predicted octanol–water partition coefficient (Wildman–Crippen LogP) is 3.11. The summed E-state index contributed by atoms with van der Waals surface area (Å²) in [6.07, 6.45) is 9.79. The molecule has 4 rings (SSSR count). The summed E-state index contributed by atoms with van der Waals surface area (Å²) in [5.41, 5.74) is 5.12. The molecule has 0 fully saturated rings. The van der Waals surface area contributed by atoms with Crippen LogP contribution in [-0.2, 0) is 4.79 Å². The molecular weight excluding hydrogens is 390 g/mol. The van der Waals surface area contributed by atoms with E-state index < -0.39 is 0 Å². The van der Waals surface area contributed by atoms with E-state index in [0.29, 0.717) is 40.2 Å². The zero-order valence-corrected chi connectivity index (χ0v) is 17.5. The maximum atomic E-state index is 12.8. The molecule has 31 heavy (non-hydrogen) atoms. The first-order valence-electron chi connectivity index (χ1n) is 10.1. The molecule has 0 saturated carbocycles. The van der Waals surface area contributed by atoms with E-state index in [2.05, 4.69) is 32.7 Å². The molecule has 2 aliphatic heterocycles. The Bertz CT molecular complexity index is 1190. The number of nitrogens with zero attached hydrogens (tertiary/aromatic N) is 2. The monoisotopic (exact) mass is 413 g/mol. The molecule has 7 heteroatoms. The van der Waals surface area contributed by atoms with E-state index in [9.17, 15) is 14.9 Å². The van der Waals surface area contributed by atoms with Crippen molar-refractivity contribution in [2.24, 2.45) is 0 Å². The van der Waals surface area contributed by atoms with Crippen LogP contribution < -0.4 is 10.6 Å². The number of benzene rings is 1. The van der Waals surface area contributed by atoms with Crippen molar-refractivity contribution in [3.05, 3.63) is 76.3 Å². The fraction of sp³-hybridized carbons (Fsp3) is 0.208. The number of H-pyrrole nitrogens is 1. The fourth-order valence-corrected chi connectivity index (χ4v) is 3.88. The minimum Gasteiger partial charge on any atom is -0.372 e. The van der Waals surface area contributed by atoms with Gasteiger partial charge >= 0.3 is 0 Å². The highest BCUT2D eigenvalue weighted by Gasteiger charge is 2.26. The number of aryl methyl sites for hydroxylation is 1. The minimum atomic E-state index is -0.230. The largest absolute Gasteiger partial charge is 0.372 e. The highest BCUT2D eigenvalue weighted by molar-refractivity contribution is 6.35. The lowest BCUT2D eigenvalue weighted by molar-refractivity contribution is -0.110. The highest BCUT2D eigenvalue weighted by Crippen LogP contribution is 2.34. The molecule has 3 N–H and O–H groups in total. The van der Waals surface area contributed by atoms with Gasteiger partial charge < -0.3 is 20.5 Å². The number of aromatic amines is 1. The Morgan fingerprint density at radius 3 is 2.90 bits per heavy atom. The average Bonchev–Trinajstić information content (AvgIpc) is 3.23. The number of allylic oxidation sites excluding steroid dienone is 2. The number of hydrogen-bond acceptors (Lipinski definition) is 4. The van der Waals surface area contributed by atoms with Gasteiger partial charge in [-0.1, -0.05) is 12.2 Å². The Hall–Kier alpha value is -4.05. The Balaban J connectivity index is 1.54. The molecule has 0 bridgehead atoms. The van der Waals surface area contributed by atoms with E-state index in [1.807, 2.05) is 32.2 Å². The van der Waals surface area contributed by atoms with Crippen molar-refractivity contribution >= 4 is 29.2 Å². The van der Waals surface area contributed by atoms with Crippen LogP contribution in [0.2, 0.25) is 0 Å². The smallest absolute Gasteiger partial charge is 0.256 e. The molecule has 0 spiro atoms. The third-order valence-electron chi connectivity index (χ3n) is 5.49. The van der Waals surface area contributed by atoms with Gasteiger partial charge in [0, 0.05) is 42.3 Å². The SMILES string of the molecule is Cc1[nH]c(/C=C2\C(=O)Nc3ccc(C#N)cc32)c(C)c1C(=O)NCCN1C=CC=CC1. The maximum Gasteiger partial charge on any atom is 0.256 e. The van der Waals surface area contributed by atoms with Gasteiger partial charge in [-0.25, -0.2) is 0 Å². The zero-order chi connectivity index (χ0) is 22.0. The lowest BCUT2D eigenvalue weighted by atomic mass is 10.0. The molecule has 0 saturated heterocycles. The first kappa shape index (κ1) is 20.2. The molecule has 2 aromatic rings. The second-order valence-electron chi connectivity index (χ2n) is 7.57. The molecule has 7 nitrogen and oxygen atoms in total. The second-order valence-corrected chi connectivity index (χ2v) is 7.57. The summed E-state index contributed by atoms with van der Waals surface area (Å²) in [5, 5.41) is 15.0. The van der Waals surface area contributed by atoms with Gasteiger partial charge in [-0.2, -0.15) is 5.26 Å². The van der Waals surface area contributed by atoms with Gasteiger partial charge in [0.25, 0.3) is 11.8 Å². The van der Waals surface area contributed by atoms with Crippen molar-refractivity contribution in [2.75, 3.05) is 25.0 Å². The average molecular weight is 413 g/mol. The summed E-state index contributed by atoms with van der Waals surface area (Å²) in [6.45, 7) is 5.80. The molecule has 0 unspecified atom stereocenters. The van der Waals surface area contributed by atoms with Crippen molar-refractivity contribution in [1.82, 2.24) is 15.2 Å². The number of rotatable bonds is 5. The van der Waals surface area contributed by atoms with E-state index in [1.165, 1.54) is 0 Å². The number of carbonyl (C=O) groups is 2. The molecule has 156 valence electrons. The topological polar surface area (TPSA) is 101 Å². The number of amides is 2. The summed E-state index contributed by atoms with van der Waals surface area (Å²) in [5.74, 6) is -0.373. The Morgan fingerprint density at radius 2 is 2.16 bits per heavy atom. The third-order valence-corrected chi connectivity index (χ3v) is 5.49. The summed E-state index contributed by atoms with van der Waals surface area (Å²) < 4.78 is 0. The van der Waals surface area contributed by atoms with E-state index in [0.717, 1.165) is 24.3 Å². The normalized spacial score (nSPS) is 15.7. The summed E-state index contributed by atoms with van der Waals surface area (Å²) in [4.78, 5) is 30.7. The second kappa shape index (κ2) is 8.36. The van der Waals surface area contributed by atoms with Crippen molar-refractivity contribution in [2.45, 2.75) is 13.8 Å². The van der Waals surface area contributed by atoms with E-state index in [4.69, 9.17) is 0 Å². The molecule has 2 amide bonds. The summed E-state index contributed by atoms with van der Waals surface area (Å²) in [6, 6.07) is 7.20. The van der Waals surface area contributed by atoms with Crippen LogP contribution in [0.3, 0.4) is 0 Å². The van der Waals surface area contributed by atoms with Gasteiger partial charge in [0.1, 0.15) is 0 Å². The van der Waals surface area contributed by atoms with Crippen molar-refractivity contribution in [3.63, 3.8) is 0 Å². The van der Waals surface area contributed by atoms with Gasteiger partial charge in [-0.15, -0.1) is 0 Å². The fourth-order valence-electron chi connectivity index (χ4n) is 3.88. The molecule has 0 radical (unpaired) electrons. The molecule has 1 aromatic heterocycles. The summed E-state index contributed by atoms with van der Waals surface area (Å²) >= 11 is 0. The predicted molar refractivity (Wildman–Crippen MR) is 120 cm³/mol. The standard InChI is InChI=1S/C24H23N5O2/c1-15-21(13-19-18-12-17(14-25)6-7-20(18)28-23(19)30)27-16(2)22(15)24(31)26-8-11-29-9-4-3-5-10-29/h3-7,9,12-13,27H,8,10-11H2,1-2H3,(H,26,31)(H,28,30)/b19-13-. The molecule has 0 atom stereocenters. The number of carbonyl (C=O) groups excluding carboxylic acids is 2. The molecular formula is C24H23N5O2. The van der Waals surface area contributed by atoms with Crippen LogP contribution in [0, 0.1) is 25.2 Å². The first-order chi connectivity index (χ1) is 15.0. The number of fused-ring (bicyclic) bond motifs is 1. The van der Waals surface area contributed by atoms with Crippen molar-refractivity contribution in [1.29, 1.82) is 5.26 Å². The zero-order valence-electron chi connectivity index (χ0n) is 17.5. The van der Waals surface area contributed by atoms with Gasteiger partial charge in [-0.05, 0) is 56.0 Å². The van der Waals surface area contributed by atoms with Gasteiger partial charge in [-0.3, -0.25) is 9.59 Å². The van der Waals surface area contributed by atoms with Crippen molar-refractivity contribution in [3.8, 4) is 6.07 Å². The van der Waals surface area contributed by atoms with Crippen LogP contribution in [0.15, 0.2) is 42.6 Å². The van der Waals surface area contributed by atoms with E-state index in [-0.39, 0.29) is 11.8 Å². The quantitative estimate of drug-likeness (QED) is 0.656. The Kier molecular flexibility index (Phi) is 5.46. The van der Waals surface area contributed by atoms with Crippen LogP contribution in [0.5, 0.6) is 0 Å².